The Hall–Kier alpha value is -1.26. The quantitative estimate of drug-likeness (QED) is 0.681. The van der Waals surface area contributed by atoms with Crippen molar-refractivity contribution in [3.63, 3.8) is 0 Å². The predicted molar refractivity (Wildman–Crippen MR) is 60.2 cm³/mol. The van der Waals surface area contributed by atoms with E-state index in [-0.39, 0.29) is 0 Å². The topological polar surface area (TPSA) is 23.8 Å². The Kier molecular flexibility index (Phi) is 3.33. The Morgan fingerprint density at radius 3 is 2.50 bits per heavy atom. The number of hydrogen-bond acceptors (Lipinski definition) is 1. The maximum absolute atomic E-state index is 8.82. The molecule has 0 amide bonds. The molecular formula is C12H12ClN. The van der Waals surface area contributed by atoms with Gasteiger partial charge < -0.3 is 0 Å². The molecule has 0 fully saturated rings. The van der Waals surface area contributed by atoms with E-state index >= 15 is 0 Å². The number of halogens is 1. The van der Waals surface area contributed by atoms with Gasteiger partial charge in [0.25, 0.3) is 0 Å². The fraction of sp³-hybridized carbons (Fsp3) is 0.250. The zero-order valence-electron chi connectivity index (χ0n) is 8.56. The molecule has 0 radical (unpaired) electrons. The molecule has 0 aliphatic heterocycles. The van der Waals surface area contributed by atoms with E-state index < -0.39 is 0 Å². The standard InChI is InChI=1S/C12H12ClN/c1-8(2)4-10-5-9(3)11(7-14)12(13)6-10/h4-6H,1-3H3. The van der Waals surface area contributed by atoms with Crippen molar-refractivity contribution in [1.29, 1.82) is 5.26 Å². The summed E-state index contributed by atoms with van der Waals surface area (Å²) in [5.74, 6) is 0. The van der Waals surface area contributed by atoms with Crippen LogP contribution in [0.15, 0.2) is 17.7 Å². The van der Waals surface area contributed by atoms with E-state index in [0.717, 1.165) is 11.1 Å². The van der Waals surface area contributed by atoms with Gasteiger partial charge in [-0.3, -0.25) is 0 Å². The van der Waals surface area contributed by atoms with E-state index in [1.807, 2.05) is 39.0 Å². The van der Waals surface area contributed by atoms with Gasteiger partial charge >= 0.3 is 0 Å². The number of aryl methyl sites for hydroxylation is 1. The van der Waals surface area contributed by atoms with E-state index in [9.17, 15) is 0 Å². The van der Waals surface area contributed by atoms with Crippen LogP contribution in [0.25, 0.3) is 6.08 Å². The van der Waals surface area contributed by atoms with Gasteiger partial charge in [0.1, 0.15) is 6.07 Å². The van der Waals surface area contributed by atoms with E-state index in [0.29, 0.717) is 10.6 Å². The van der Waals surface area contributed by atoms with Gasteiger partial charge in [-0.05, 0) is 38.0 Å². The van der Waals surface area contributed by atoms with Crippen molar-refractivity contribution < 1.29 is 0 Å². The van der Waals surface area contributed by atoms with Gasteiger partial charge in [-0.1, -0.05) is 29.3 Å². The first-order chi connectivity index (χ1) is 6.54. The van der Waals surface area contributed by atoms with Crippen molar-refractivity contribution in [2.75, 3.05) is 0 Å². The molecule has 0 heterocycles. The molecule has 0 unspecified atom stereocenters. The summed E-state index contributed by atoms with van der Waals surface area (Å²) in [7, 11) is 0. The van der Waals surface area contributed by atoms with Gasteiger partial charge in [-0.15, -0.1) is 0 Å². The Morgan fingerprint density at radius 1 is 1.43 bits per heavy atom. The summed E-state index contributed by atoms with van der Waals surface area (Å²) in [6, 6.07) is 5.88. The van der Waals surface area contributed by atoms with E-state index in [2.05, 4.69) is 6.07 Å². The van der Waals surface area contributed by atoms with Crippen molar-refractivity contribution in [3.8, 4) is 6.07 Å². The molecule has 0 N–H and O–H groups in total. The van der Waals surface area contributed by atoms with Gasteiger partial charge in [-0.2, -0.15) is 5.26 Å². The lowest BCUT2D eigenvalue weighted by atomic mass is 10.0. The van der Waals surface area contributed by atoms with Crippen LogP contribution in [-0.2, 0) is 0 Å². The molecule has 0 atom stereocenters. The normalized spacial score (nSPS) is 9.36. The summed E-state index contributed by atoms with van der Waals surface area (Å²) in [5, 5.41) is 9.35. The van der Waals surface area contributed by atoms with Crippen molar-refractivity contribution in [2.24, 2.45) is 0 Å². The molecule has 0 saturated heterocycles. The van der Waals surface area contributed by atoms with Crippen LogP contribution in [0.4, 0.5) is 0 Å². The maximum atomic E-state index is 8.82. The minimum Gasteiger partial charge on any atom is -0.192 e. The second kappa shape index (κ2) is 4.30. The van der Waals surface area contributed by atoms with E-state index in [1.165, 1.54) is 5.57 Å². The van der Waals surface area contributed by atoms with Crippen LogP contribution in [-0.4, -0.2) is 0 Å². The van der Waals surface area contributed by atoms with E-state index in [4.69, 9.17) is 16.9 Å². The minimum atomic E-state index is 0.528. The molecule has 1 nitrogen and oxygen atoms in total. The Morgan fingerprint density at radius 2 is 2.07 bits per heavy atom. The summed E-state index contributed by atoms with van der Waals surface area (Å²) >= 11 is 5.97. The van der Waals surface area contributed by atoms with Crippen molar-refractivity contribution in [3.05, 3.63) is 39.4 Å². The molecular weight excluding hydrogens is 194 g/mol. The first-order valence-electron chi connectivity index (χ1n) is 4.39. The summed E-state index contributed by atoms with van der Waals surface area (Å²) in [6.45, 7) is 5.95. The summed E-state index contributed by atoms with van der Waals surface area (Å²) in [5.41, 5.74) is 3.75. The first kappa shape index (κ1) is 10.8. The second-order valence-corrected chi connectivity index (χ2v) is 3.94. The monoisotopic (exact) mass is 205 g/mol. The van der Waals surface area contributed by atoms with Crippen molar-refractivity contribution >= 4 is 17.7 Å². The molecule has 14 heavy (non-hydrogen) atoms. The molecule has 72 valence electrons. The highest BCUT2D eigenvalue weighted by Gasteiger charge is 2.04. The second-order valence-electron chi connectivity index (χ2n) is 3.53. The SMILES string of the molecule is CC(C)=Cc1cc(C)c(C#N)c(Cl)c1. The minimum absolute atomic E-state index is 0.528. The molecule has 1 aromatic rings. The number of nitrogens with zero attached hydrogens (tertiary/aromatic N) is 1. The smallest absolute Gasteiger partial charge is 0.101 e. The lowest BCUT2D eigenvalue weighted by Gasteiger charge is -2.03. The zero-order chi connectivity index (χ0) is 10.7. The molecule has 1 rings (SSSR count). The molecule has 2 heteroatoms. The molecule has 0 spiro atoms. The van der Waals surface area contributed by atoms with Gasteiger partial charge in [0.2, 0.25) is 0 Å². The molecule has 0 saturated carbocycles. The molecule has 0 aromatic heterocycles. The van der Waals surface area contributed by atoms with Gasteiger partial charge in [0.15, 0.2) is 0 Å². The number of nitriles is 1. The largest absolute Gasteiger partial charge is 0.192 e. The van der Waals surface area contributed by atoms with Crippen LogP contribution in [0.1, 0.15) is 30.5 Å². The zero-order valence-corrected chi connectivity index (χ0v) is 9.31. The fourth-order valence-corrected chi connectivity index (χ4v) is 1.65. The number of rotatable bonds is 1. The third-order valence-corrected chi connectivity index (χ3v) is 2.17. The van der Waals surface area contributed by atoms with Gasteiger partial charge in [0.05, 0.1) is 10.6 Å². The van der Waals surface area contributed by atoms with Crippen molar-refractivity contribution in [2.45, 2.75) is 20.8 Å². The highest BCUT2D eigenvalue weighted by Crippen LogP contribution is 2.22. The molecule has 0 bridgehead atoms. The van der Waals surface area contributed by atoms with Crippen LogP contribution < -0.4 is 0 Å². The van der Waals surface area contributed by atoms with Gasteiger partial charge in [-0.25, -0.2) is 0 Å². The fourth-order valence-electron chi connectivity index (χ4n) is 1.33. The maximum Gasteiger partial charge on any atom is 0.101 e. The summed E-state index contributed by atoms with van der Waals surface area (Å²) in [6.07, 6.45) is 2.04. The average molecular weight is 206 g/mol. The van der Waals surface area contributed by atoms with Crippen molar-refractivity contribution in [1.82, 2.24) is 0 Å². The van der Waals surface area contributed by atoms with Crippen LogP contribution in [0, 0.1) is 18.3 Å². The van der Waals surface area contributed by atoms with Crippen LogP contribution in [0.2, 0.25) is 5.02 Å². The van der Waals surface area contributed by atoms with E-state index in [1.54, 1.807) is 0 Å². The Labute approximate surface area is 89.6 Å². The Bertz CT molecular complexity index is 397. The molecule has 0 aliphatic rings. The van der Waals surface area contributed by atoms with Crippen LogP contribution in [0.3, 0.4) is 0 Å². The van der Waals surface area contributed by atoms with Crippen LogP contribution >= 0.6 is 11.6 Å². The molecule has 1 aromatic carbocycles. The first-order valence-corrected chi connectivity index (χ1v) is 4.77. The summed E-state index contributed by atoms with van der Waals surface area (Å²) in [4.78, 5) is 0. The predicted octanol–water partition coefficient (Wildman–Crippen LogP) is 3.94. The summed E-state index contributed by atoms with van der Waals surface area (Å²) < 4.78 is 0. The third-order valence-electron chi connectivity index (χ3n) is 1.88. The van der Waals surface area contributed by atoms with Gasteiger partial charge in [0, 0.05) is 0 Å². The highest BCUT2D eigenvalue weighted by atomic mass is 35.5. The average Bonchev–Trinajstić information content (AvgIpc) is 2.01. The number of hydrogen-bond donors (Lipinski definition) is 0. The third kappa shape index (κ3) is 2.37. The van der Waals surface area contributed by atoms with Crippen LogP contribution in [0.5, 0.6) is 0 Å². The highest BCUT2D eigenvalue weighted by molar-refractivity contribution is 6.32. The Balaban J connectivity index is 3.30. The molecule has 0 aliphatic carbocycles. The number of allylic oxidation sites excluding steroid dienone is 1. The number of benzene rings is 1. The lowest BCUT2D eigenvalue weighted by molar-refractivity contribution is 1.37. The lowest BCUT2D eigenvalue weighted by Crippen LogP contribution is -1.86.